The Labute approximate surface area is 117 Å². The molecule has 20 heavy (non-hydrogen) atoms. The van der Waals surface area contributed by atoms with E-state index >= 15 is 0 Å². The molecular formula is C12H18N2O5S. The number of nitro groups is 1. The summed E-state index contributed by atoms with van der Waals surface area (Å²) in [6, 6.07) is 1.81. The van der Waals surface area contributed by atoms with Crippen LogP contribution in [0.2, 0.25) is 0 Å². The van der Waals surface area contributed by atoms with Crippen molar-refractivity contribution in [2.45, 2.75) is 38.1 Å². The molecule has 0 aliphatic heterocycles. The lowest BCUT2D eigenvalue weighted by molar-refractivity contribution is -0.385. The fraction of sp³-hybridized carbons (Fsp3) is 0.500. The van der Waals surface area contributed by atoms with Crippen LogP contribution >= 0.6 is 0 Å². The van der Waals surface area contributed by atoms with E-state index in [0.29, 0.717) is 17.5 Å². The highest BCUT2D eigenvalue weighted by atomic mass is 32.2. The van der Waals surface area contributed by atoms with E-state index in [1.54, 1.807) is 20.8 Å². The number of nitrogens with one attached hydrogen (secondary N) is 1. The molecule has 1 aromatic carbocycles. The summed E-state index contributed by atoms with van der Waals surface area (Å²) in [6.45, 7) is 4.58. The molecule has 1 rings (SSSR count). The number of nitrogens with zero attached hydrogens (tertiary/aromatic N) is 1. The third kappa shape index (κ3) is 3.53. The van der Waals surface area contributed by atoms with Crippen LogP contribution in [0.4, 0.5) is 5.69 Å². The third-order valence-electron chi connectivity index (χ3n) is 3.16. The first-order valence-electron chi connectivity index (χ1n) is 6.11. The van der Waals surface area contributed by atoms with E-state index in [4.69, 9.17) is 5.11 Å². The zero-order chi connectivity index (χ0) is 15.5. The molecule has 0 amide bonds. The van der Waals surface area contributed by atoms with Crippen LogP contribution in [0.25, 0.3) is 0 Å². The van der Waals surface area contributed by atoms with Gasteiger partial charge in [-0.05, 0) is 31.9 Å². The highest BCUT2D eigenvalue weighted by Crippen LogP contribution is 2.25. The van der Waals surface area contributed by atoms with Gasteiger partial charge < -0.3 is 5.11 Å². The number of aliphatic hydroxyl groups is 1. The molecule has 1 aromatic rings. The Hall–Kier alpha value is -1.51. The molecule has 0 saturated heterocycles. The monoisotopic (exact) mass is 302 g/mol. The predicted molar refractivity (Wildman–Crippen MR) is 74.1 cm³/mol. The van der Waals surface area contributed by atoms with E-state index in [-0.39, 0.29) is 17.2 Å². The summed E-state index contributed by atoms with van der Waals surface area (Å²) in [4.78, 5) is 10.2. The van der Waals surface area contributed by atoms with Gasteiger partial charge in [-0.15, -0.1) is 0 Å². The molecule has 0 unspecified atom stereocenters. The van der Waals surface area contributed by atoms with Crippen molar-refractivity contribution in [3.05, 3.63) is 33.4 Å². The zero-order valence-electron chi connectivity index (χ0n) is 11.6. The average Bonchev–Trinajstić information content (AvgIpc) is 2.38. The van der Waals surface area contributed by atoms with Crippen molar-refractivity contribution in [2.24, 2.45) is 0 Å². The van der Waals surface area contributed by atoms with Crippen LogP contribution in [0.3, 0.4) is 0 Å². The molecule has 0 spiro atoms. The van der Waals surface area contributed by atoms with Crippen LogP contribution in [0.15, 0.2) is 17.0 Å². The van der Waals surface area contributed by atoms with Gasteiger partial charge >= 0.3 is 0 Å². The fourth-order valence-corrected chi connectivity index (χ4v) is 3.11. The minimum absolute atomic E-state index is 0.167. The standard InChI is InChI=1S/C12H18N2O5S/c1-4-10(7-15)13-20(18,19)11-5-8(2)9(3)12(6-11)14(16)17/h5-6,10,13,15H,4,7H2,1-3H3/t10-/m1/s1. The summed E-state index contributed by atoms with van der Waals surface area (Å²) >= 11 is 0. The smallest absolute Gasteiger partial charge is 0.273 e. The summed E-state index contributed by atoms with van der Waals surface area (Å²) in [5.41, 5.74) is 0.724. The molecule has 0 bridgehead atoms. The second-order valence-electron chi connectivity index (χ2n) is 4.55. The molecule has 7 nitrogen and oxygen atoms in total. The number of hydrogen-bond donors (Lipinski definition) is 2. The van der Waals surface area contributed by atoms with Crippen LogP contribution in [0, 0.1) is 24.0 Å². The first kappa shape index (κ1) is 16.5. The van der Waals surface area contributed by atoms with Gasteiger partial charge in [0.15, 0.2) is 0 Å². The first-order valence-corrected chi connectivity index (χ1v) is 7.60. The van der Waals surface area contributed by atoms with Gasteiger partial charge in [0.05, 0.1) is 16.4 Å². The molecule has 1 atom stereocenters. The van der Waals surface area contributed by atoms with Crippen molar-refractivity contribution in [1.29, 1.82) is 0 Å². The lowest BCUT2D eigenvalue weighted by Crippen LogP contribution is -2.36. The van der Waals surface area contributed by atoms with Gasteiger partial charge in [-0.1, -0.05) is 6.92 Å². The molecule has 0 aliphatic carbocycles. The predicted octanol–water partition coefficient (Wildman–Crippen LogP) is 1.26. The zero-order valence-corrected chi connectivity index (χ0v) is 12.4. The Bertz CT molecular complexity index is 609. The van der Waals surface area contributed by atoms with Crippen molar-refractivity contribution in [3.63, 3.8) is 0 Å². The van der Waals surface area contributed by atoms with Crippen LogP contribution in [-0.2, 0) is 10.0 Å². The fourth-order valence-electron chi connectivity index (χ4n) is 1.69. The highest BCUT2D eigenvalue weighted by molar-refractivity contribution is 7.89. The molecule has 0 fully saturated rings. The van der Waals surface area contributed by atoms with Crippen molar-refractivity contribution < 1.29 is 18.4 Å². The van der Waals surface area contributed by atoms with Crippen LogP contribution in [-0.4, -0.2) is 31.1 Å². The quantitative estimate of drug-likeness (QED) is 0.607. The number of hydrogen-bond acceptors (Lipinski definition) is 5. The SMILES string of the molecule is CC[C@H](CO)NS(=O)(=O)c1cc(C)c(C)c([N+](=O)[O-])c1. The molecule has 0 radical (unpaired) electrons. The topological polar surface area (TPSA) is 110 Å². The maximum Gasteiger partial charge on any atom is 0.273 e. The van der Waals surface area contributed by atoms with Crippen molar-refractivity contribution in [1.82, 2.24) is 4.72 Å². The molecule has 0 aliphatic rings. The summed E-state index contributed by atoms with van der Waals surface area (Å²) < 4.78 is 26.6. The van der Waals surface area contributed by atoms with E-state index in [2.05, 4.69) is 4.72 Å². The Morgan fingerprint density at radius 2 is 2.00 bits per heavy atom. The van der Waals surface area contributed by atoms with Crippen LogP contribution in [0.1, 0.15) is 24.5 Å². The molecule has 112 valence electrons. The van der Waals surface area contributed by atoms with Gasteiger partial charge in [0.25, 0.3) is 5.69 Å². The molecule has 0 heterocycles. The Kier molecular flexibility index (Phi) is 5.21. The van der Waals surface area contributed by atoms with Gasteiger partial charge in [-0.2, -0.15) is 0 Å². The van der Waals surface area contributed by atoms with Gasteiger partial charge in [0.1, 0.15) is 0 Å². The molecule has 8 heteroatoms. The number of aliphatic hydroxyl groups excluding tert-OH is 1. The van der Waals surface area contributed by atoms with Crippen molar-refractivity contribution in [2.75, 3.05) is 6.61 Å². The summed E-state index contributed by atoms with van der Waals surface area (Å²) in [7, 11) is -3.89. The Balaban J connectivity index is 3.29. The number of sulfonamides is 1. The second kappa shape index (κ2) is 6.29. The minimum atomic E-state index is -3.89. The highest BCUT2D eigenvalue weighted by Gasteiger charge is 2.23. The van der Waals surface area contributed by atoms with Gasteiger partial charge in [0, 0.05) is 17.7 Å². The van der Waals surface area contributed by atoms with Gasteiger partial charge in [-0.25, -0.2) is 13.1 Å². The van der Waals surface area contributed by atoms with Crippen molar-refractivity contribution in [3.8, 4) is 0 Å². The number of nitro benzene ring substituents is 1. The van der Waals surface area contributed by atoms with Crippen LogP contribution < -0.4 is 4.72 Å². The maximum absolute atomic E-state index is 12.2. The Morgan fingerprint density at radius 3 is 2.45 bits per heavy atom. The Morgan fingerprint density at radius 1 is 1.40 bits per heavy atom. The number of rotatable bonds is 6. The first-order chi connectivity index (χ1) is 9.22. The summed E-state index contributed by atoms with van der Waals surface area (Å²) in [6.07, 6.45) is 0.419. The normalized spacial score (nSPS) is 13.2. The number of benzene rings is 1. The van der Waals surface area contributed by atoms with Gasteiger partial charge in [-0.3, -0.25) is 10.1 Å². The largest absolute Gasteiger partial charge is 0.395 e. The van der Waals surface area contributed by atoms with Crippen LogP contribution in [0.5, 0.6) is 0 Å². The van der Waals surface area contributed by atoms with E-state index in [1.807, 2.05) is 0 Å². The minimum Gasteiger partial charge on any atom is -0.395 e. The molecular weight excluding hydrogens is 284 g/mol. The van der Waals surface area contributed by atoms with E-state index in [9.17, 15) is 18.5 Å². The molecule has 2 N–H and O–H groups in total. The van der Waals surface area contributed by atoms with Gasteiger partial charge in [0.2, 0.25) is 10.0 Å². The summed E-state index contributed by atoms with van der Waals surface area (Å²) in [5.74, 6) is 0. The van der Waals surface area contributed by atoms with E-state index in [1.165, 1.54) is 6.07 Å². The lowest BCUT2D eigenvalue weighted by atomic mass is 10.1. The third-order valence-corrected chi connectivity index (χ3v) is 4.66. The average molecular weight is 302 g/mol. The van der Waals surface area contributed by atoms with E-state index < -0.39 is 21.0 Å². The lowest BCUT2D eigenvalue weighted by Gasteiger charge is -2.15. The van der Waals surface area contributed by atoms with E-state index in [0.717, 1.165) is 6.07 Å². The molecule has 0 aromatic heterocycles. The number of aryl methyl sites for hydroxylation is 1. The van der Waals surface area contributed by atoms with Crippen molar-refractivity contribution >= 4 is 15.7 Å². The molecule has 0 saturated carbocycles. The second-order valence-corrected chi connectivity index (χ2v) is 6.26. The maximum atomic E-state index is 12.2. The summed E-state index contributed by atoms with van der Waals surface area (Å²) in [5, 5.41) is 20.0.